The number of benzene rings is 2. The van der Waals surface area contributed by atoms with Crippen molar-refractivity contribution in [1.29, 1.82) is 0 Å². The van der Waals surface area contributed by atoms with E-state index < -0.39 is 23.2 Å². The number of rotatable bonds is 5. The van der Waals surface area contributed by atoms with Gasteiger partial charge >= 0.3 is 5.97 Å². The summed E-state index contributed by atoms with van der Waals surface area (Å²) in [5.74, 6) is 0.427. The predicted molar refractivity (Wildman–Crippen MR) is 90.8 cm³/mol. The maximum absolute atomic E-state index is 12.4. The zero-order valence-electron chi connectivity index (χ0n) is 14.4. The Morgan fingerprint density at radius 2 is 1.93 bits per heavy atom. The minimum absolute atomic E-state index is 0.171. The first-order chi connectivity index (χ1) is 13.1. The molecule has 8 nitrogen and oxygen atoms in total. The van der Waals surface area contributed by atoms with Crippen LogP contribution >= 0.6 is 0 Å². The Morgan fingerprint density at radius 3 is 2.70 bits per heavy atom. The molecular formula is C19H17NO7. The average molecular weight is 371 g/mol. The number of carbonyl (C=O) groups is 2. The van der Waals surface area contributed by atoms with Gasteiger partial charge in [0.1, 0.15) is 16.9 Å². The van der Waals surface area contributed by atoms with Crippen molar-refractivity contribution in [3.8, 4) is 23.0 Å². The largest absolute Gasteiger partial charge is 0.468 e. The van der Waals surface area contributed by atoms with Crippen LogP contribution in [0.1, 0.15) is 12.0 Å². The van der Waals surface area contributed by atoms with Crippen molar-refractivity contribution in [2.75, 3.05) is 13.9 Å². The van der Waals surface area contributed by atoms with E-state index in [1.807, 2.05) is 0 Å². The number of hydroxylamine groups is 1. The van der Waals surface area contributed by atoms with E-state index in [9.17, 15) is 9.59 Å². The van der Waals surface area contributed by atoms with Crippen molar-refractivity contribution in [1.82, 2.24) is 5.48 Å². The maximum Gasteiger partial charge on any atom is 0.317 e. The Morgan fingerprint density at radius 1 is 1.15 bits per heavy atom. The summed E-state index contributed by atoms with van der Waals surface area (Å²) in [6.07, 6.45) is 0.250. The maximum atomic E-state index is 12.4. The standard InChI is InChI=1S/C19H17NO7/c1-24-18(22)19(9-14(19)17(21)20-23)11-3-2-4-12(7-11)27-13-5-6-15-16(8-13)26-10-25-15/h2-8,14,23H,9-10H2,1H3,(H,20,21). The molecule has 2 aromatic carbocycles. The smallest absolute Gasteiger partial charge is 0.317 e. The number of nitrogens with one attached hydrogen (secondary N) is 1. The molecule has 0 radical (unpaired) electrons. The van der Waals surface area contributed by atoms with Gasteiger partial charge in [0.2, 0.25) is 12.7 Å². The molecule has 1 amide bonds. The van der Waals surface area contributed by atoms with E-state index in [0.29, 0.717) is 28.6 Å². The van der Waals surface area contributed by atoms with Crippen molar-refractivity contribution < 1.29 is 33.7 Å². The molecule has 1 heterocycles. The molecule has 140 valence electrons. The summed E-state index contributed by atoms with van der Waals surface area (Å²) in [5.41, 5.74) is 1.06. The third-order valence-corrected chi connectivity index (χ3v) is 4.87. The second-order valence-electron chi connectivity index (χ2n) is 6.34. The highest BCUT2D eigenvalue weighted by Gasteiger charge is 2.65. The van der Waals surface area contributed by atoms with E-state index in [2.05, 4.69) is 0 Å². The highest BCUT2D eigenvalue weighted by Crippen LogP contribution is 2.55. The molecule has 2 aliphatic rings. The minimum Gasteiger partial charge on any atom is -0.468 e. The van der Waals surface area contributed by atoms with Crippen LogP contribution < -0.4 is 19.7 Å². The molecule has 1 fully saturated rings. The SMILES string of the molecule is COC(=O)C1(c2cccc(Oc3ccc4c(c3)OCO4)c2)CC1C(=O)NO. The number of carbonyl (C=O) groups excluding carboxylic acids is 2. The van der Waals surface area contributed by atoms with Crippen molar-refractivity contribution in [3.05, 3.63) is 48.0 Å². The highest BCUT2D eigenvalue weighted by atomic mass is 16.7. The summed E-state index contributed by atoms with van der Waals surface area (Å²) < 4.78 is 21.4. The van der Waals surface area contributed by atoms with Crippen LogP contribution in [0.4, 0.5) is 0 Å². The number of methoxy groups -OCH3 is 1. The van der Waals surface area contributed by atoms with Crippen LogP contribution in [0.15, 0.2) is 42.5 Å². The van der Waals surface area contributed by atoms with Gasteiger partial charge in [-0.25, -0.2) is 5.48 Å². The summed E-state index contributed by atoms with van der Waals surface area (Å²) >= 11 is 0. The molecule has 2 unspecified atom stereocenters. The third-order valence-electron chi connectivity index (χ3n) is 4.87. The zero-order valence-corrected chi connectivity index (χ0v) is 14.4. The summed E-state index contributed by atoms with van der Waals surface area (Å²) in [4.78, 5) is 24.2. The van der Waals surface area contributed by atoms with E-state index in [4.69, 9.17) is 24.2 Å². The molecule has 0 saturated heterocycles. The fourth-order valence-corrected chi connectivity index (χ4v) is 3.42. The van der Waals surface area contributed by atoms with Gasteiger partial charge in [0.25, 0.3) is 0 Å². The zero-order chi connectivity index (χ0) is 19.0. The van der Waals surface area contributed by atoms with Crippen LogP contribution in [-0.4, -0.2) is 31.0 Å². The van der Waals surface area contributed by atoms with Crippen LogP contribution in [0.3, 0.4) is 0 Å². The van der Waals surface area contributed by atoms with Gasteiger partial charge in [-0.05, 0) is 36.2 Å². The first kappa shape index (κ1) is 17.2. The average Bonchev–Trinajstić information content (AvgIpc) is 3.29. The quantitative estimate of drug-likeness (QED) is 0.471. The number of amides is 1. The van der Waals surface area contributed by atoms with E-state index in [1.165, 1.54) is 7.11 Å². The Labute approximate surface area is 154 Å². The minimum atomic E-state index is -1.13. The van der Waals surface area contributed by atoms with Crippen LogP contribution in [0.25, 0.3) is 0 Å². The summed E-state index contributed by atoms with van der Waals surface area (Å²) in [6.45, 7) is 0.171. The molecule has 2 N–H and O–H groups in total. The van der Waals surface area contributed by atoms with Gasteiger partial charge in [0, 0.05) is 6.07 Å². The molecule has 0 aromatic heterocycles. The molecular weight excluding hydrogens is 354 g/mol. The summed E-state index contributed by atoms with van der Waals surface area (Å²) in [5, 5.41) is 8.91. The fraction of sp³-hybridized carbons (Fsp3) is 0.263. The molecule has 2 atom stereocenters. The number of esters is 1. The Hall–Kier alpha value is -3.26. The lowest BCUT2D eigenvalue weighted by atomic mass is 9.92. The number of ether oxygens (including phenoxy) is 4. The van der Waals surface area contributed by atoms with Gasteiger partial charge in [0.15, 0.2) is 11.5 Å². The van der Waals surface area contributed by atoms with Gasteiger partial charge in [0.05, 0.1) is 13.0 Å². The molecule has 0 bridgehead atoms. The lowest BCUT2D eigenvalue weighted by Gasteiger charge is -2.16. The Balaban J connectivity index is 1.62. The Kier molecular flexibility index (Phi) is 4.12. The summed E-state index contributed by atoms with van der Waals surface area (Å²) in [7, 11) is 1.27. The lowest BCUT2D eigenvalue weighted by molar-refractivity contribution is -0.146. The summed E-state index contributed by atoms with van der Waals surface area (Å²) in [6, 6.07) is 12.1. The molecule has 2 aromatic rings. The van der Waals surface area contributed by atoms with Crippen molar-refractivity contribution >= 4 is 11.9 Å². The topological polar surface area (TPSA) is 103 Å². The number of hydrogen-bond acceptors (Lipinski definition) is 7. The van der Waals surface area contributed by atoms with Crippen molar-refractivity contribution in [2.45, 2.75) is 11.8 Å². The normalized spacial score (nSPS) is 22.1. The van der Waals surface area contributed by atoms with Crippen LogP contribution in [-0.2, 0) is 19.7 Å². The molecule has 4 rings (SSSR count). The van der Waals surface area contributed by atoms with Gasteiger partial charge in [-0.15, -0.1) is 0 Å². The van der Waals surface area contributed by atoms with E-state index in [-0.39, 0.29) is 13.2 Å². The predicted octanol–water partition coefficient (Wildman–Crippen LogP) is 2.14. The van der Waals surface area contributed by atoms with Crippen molar-refractivity contribution in [2.24, 2.45) is 5.92 Å². The van der Waals surface area contributed by atoms with Crippen LogP contribution in [0, 0.1) is 5.92 Å². The Bertz CT molecular complexity index is 913. The molecule has 8 heteroatoms. The highest BCUT2D eigenvalue weighted by molar-refractivity contribution is 5.97. The van der Waals surface area contributed by atoms with Gasteiger partial charge in [-0.2, -0.15) is 0 Å². The van der Waals surface area contributed by atoms with Crippen LogP contribution in [0.5, 0.6) is 23.0 Å². The number of hydrogen-bond donors (Lipinski definition) is 2. The van der Waals surface area contributed by atoms with Gasteiger partial charge in [-0.3, -0.25) is 14.8 Å². The van der Waals surface area contributed by atoms with Gasteiger partial charge in [-0.1, -0.05) is 12.1 Å². The first-order valence-corrected chi connectivity index (χ1v) is 8.29. The monoisotopic (exact) mass is 371 g/mol. The lowest BCUT2D eigenvalue weighted by Crippen LogP contribution is -2.31. The van der Waals surface area contributed by atoms with Gasteiger partial charge < -0.3 is 18.9 Å². The molecule has 0 spiro atoms. The van der Waals surface area contributed by atoms with E-state index in [1.54, 1.807) is 47.9 Å². The first-order valence-electron chi connectivity index (χ1n) is 8.29. The van der Waals surface area contributed by atoms with E-state index in [0.717, 1.165) is 0 Å². The fourth-order valence-electron chi connectivity index (χ4n) is 3.42. The van der Waals surface area contributed by atoms with Crippen molar-refractivity contribution in [3.63, 3.8) is 0 Å². The molecule has 1 aliphatic carbocycles. The second kappa shape index (κ2) is 6.48. The number of fused-ring (bicyclic) bond motifs is 1. The molecule has 27 heavy (non-hydrogen) atoms. The molecule has 1 saturated carbocycles. The van der Waals surface area contributed by atoms with Crippen LogP contribution in [0.2, 0.25) is 0 Å². The van der Waals surface area contributed by atoms with E-state index >= 15 is 0 Å². The second-order valence-corrected chi connectivity index (χ2v) is 6.34. The third kappa shape index (κ3) is 2.83. The molecule has 1 aliphatic heterocycles.